The van der Waals surface area contributed by atoms with Gasteiger partial charge in [0.2, 0.25) is 0 Å². The number of halogens is 1. The number of thioether (sulfide) groups is 1. The molecule has 2 atom stereocenters. The average molecular weight is 225 g/mol. The van der Waals surface area contributed by atoms with E-state index in [-0.39, 0.29) is 11.2 Å². The standard InChI is InChI=1S/C12H16FNS/c1-8-3-4-11(13)10(5-8)12-14-6-9(2)7-15-12/h3-5,9,12,14H,6-7H2,1-2H3. The van der Waals surface area contributed by atoms with Crippen LogP contribution in [-0.2, 0) is 0 Å². The van der Waals surface area contributed by atoms with Crippen molar-refractivity contribution in [2.45, 2.75) is 19.2 Å². The lowest BCUT2D eigenvalue weighted by atomic mass is 10.1. The number of hydrogen-bond donors (Lipinski definition) is 1. The quantitative estimate of drug-likeness (QED) is 0.788. The summed E-state index contributed by atoms with van der Waals surface area (Å²) in [4.78, 5) is 0. The maximum atomic E-state index is 13.6. The second-order valence-electron chi connectivity index (χ2n) is 4.25. The molecular formula is C12H16FNS. The highest BCUT2D eigenvalue weighted by Crippen LogP contribution is 2.33. The monoisotopic (exact) mass is 225 g/mol. The van der Waals surface area contributed by atoms with Gasteiger partial charge in [0.25, 0.3) is 0 Å². The van der Waals surface area contributed by atoms with Gasteiger partial charge in [-0.25, -0.2) is 4.39 Å². The summed E-state index contributed by atoms with van der Waals surface area (Å²) in [5.74, 6) is 1.68. The Kier molecular flexibility index (Phi) is 3.32. The Morgan fingerprint density at radius 1 is 1.47 bits per heavy atom. The molecule has 2 rings (SSSR count). The van der Waals surface area contributed by atoms with Crippen molar-refractivity contribution >= 4 is 11.8 Å². The molecular weight excluding hydrogens is 209 g/mol. The van der Waals surface area contributed by atoms with Crippen molar-refractivity contribution in [3.8, 4) is 0 Å². The fourth-order valence-corrected chi connectivity index (χ4v) is 2.96. The minimum absolute atomic E-state index is 0.0971. The Morgan fingerprint density at radius 3 is 2.93 bits per heavy atom. The molecule has 1 N–H and O–H groups in total. The van der Waals surface area contributed by atoms with Gasteiger partial charge in [0, 0.05) is 5.56 Å². The van der Waals surface area contributed by atoms with Crippen LogP contribution >= 0.6 is 11.8 Å². The highest BCUT2D eigenvalue weighted by molar-refractivity contribution is 7.99. The summed E-state index contributed by atoms with van der Waals surface area (Å²) in [7, 11) is 0. The van der Waals surface area contributed by atoms with E-state index in [0.29, 0.717) is 5.92 Å². The molecule has 82 valence electrons. The predicted molar refractivity (Wildman–Crippen MR) is 63.5 cm³/mol. The molecule has 1 aliphatic rings. The van der Waals surface area contributed by atoms with Crippen LogP contribution < -0.4 is 5.32 Å². The van der Waals surface area contributed by atoms with Crippen LogP contribution in [0.25, 0.3) is 0 Å². The minimum Gasteiger partial charge on any atom is -0.301 e. The normalized spacial score (nSPS) is 26.6. The van der Waals surface area contributed by atoms with Crippen molar-refractivity contribution in [2.24, 2.45) is 5.92 Å². The SMILES string of the molecule is Cc1ccc(F)c(C2NCC(C)CS2)c1. The summed E-state index contributed by atoms with van der Waals surface area (Å²) in [6.45, 7) is 5.19. The molecule has 1 heterocycles. The lowest BCUT2D eigenvalue weighted by Crippen LogP contribution is -2.31. The van der Waals surface area contributed by atoms with Gasteiger partial charge >= 0.3 is 0 Å². The molecule has 1 nitrogen and oxygen atoms in total. The maximum absolute atomic E-state index is 13.6. The largest absolute Gasteiger partial charge is 0.301 e. The second kappa shape index (κ2) is 4.54. The molecule has 0 saturated carbocycles. The lowest BCUT2D eigenvalue weighted by molar-refractivity contribution is 0.513. The van der Waals surface area contributed by atoms with Gasteiger partial charge in [-0.3, -0.25) is 0 Å². The molecule has 0 amide bonds. The second-order valence-corrected chi connectivity index (χ2v) is 5.39. The van der Waals surface area contributed by atoms with Crippen molar-refractivity contribution in [1.82, 2.24) is 5.32 Å². The van der Waals surface area contributed by atoms with E-state index in [2.05, 4.69) is 12.2 Å². The number of nitrogens with one attached hydrogen (secondary N) is 1. The molecule has 3 heteroatoms. The molecule has 0 aromatic heterocycles. The Hall–Kier alpha value is -0.540. The highest BCUT2D eigenvalue weighted by Gasteiger charge is 2.21. The van der Waals surface area contributed by atoms with E-state index in [4.69, 9.17) is 0 Å². The summed E-state index contributed by atoms with van der Waals surface area (Å²) in [6, 6.07) is 5.32. The van der Waals surface area contributed by atoms with Crippen LogP contribution in [0.2, 0.25) is 0 Å². The van der Waals surface area contributed by atoms with Gasteiger partial charge in [0.1, 0.15) is 5.82 Å². The Balaban J connectivity index is 2.18. The summed E-state index contributed by atoms with van der Waals surface area (Å²) in [5.41, 5.74) is 1.92. The van der Waals surface area contributed by atoms with Gasteiger partial charge in [-0.15, -0.1) is 11.8 Å². The van der Waals surface area contributed by atoms with E-state index >= 15 is 0 Å². The molecule has 1 saturated heterocycles. The van der Waals surface area contributed by atoms with E-state index in [1.54, 1.807) is 17.8 Å². The van der Waals surface area contributed by atoms with E-state index < -0.39 is 0 Å². The molecule has 1 aliphatic heterocycles. The average Bonchev–Trinajstić information content (AvgIpc) is 2.23. The third-order valence-electron chi connectivity index (χ3n) is 2.63. The van der Waals surface area contributed by atoms with Gasteiger partial charge in [0.05, 0.1) is 5.37 Å². The molecule has 2 unspecified atom stereocenters. The fraction of sp³-hybridized carbons (Fsp3) is 0.500. The zero-order valence-corrected chi connectivity index (χ0v) is 9.90. The molecule has 0 aliphatic carbocycles. The van der Waals surface area contributed by atoms with Crippen LogP contribution in [-0.4, -0.2) is 12.3 Å². The minimum atomic E-state index is -0.0971. The zero-order valence-electron chi connectivity index (χ0n) is 9.09. The third-order valence-corrected chi connectivity index (χ3v) is 4.15. The van der Waals surface area contributed by atoms with E-state index in [9.17, 15) is 4.39 Å². The molecule has 0 spiro atoms. The molecule has 0 radical (unpaired) electrons. The first-order chi connectivity index (χ1) is 7.16. The van der Waals surface area contributed by atoms with Crippen molar-refractivity contribution in [3.63, 3.8) is 0 Å². The molecule has 1 aromatic rings. The Labute approximate surface area is 94.5 Å². The van der Waals surface area contributed by atoms with Crippen molar-refractivity contribution in [2.75, 3.05) is 12.3 Å². The van der Waals surface area contributed by atoms with Crippen molar-refractivity contribution in [3.05, 3.63) is 35.1 Å². The highest BCUT2D eigenvalue weighted by atomic mass is 32.2. The van der Waals surface area contributed by atoms with Gasteiger partial charge in [-0.05, 0) is 31.2 Å². The number of hydrogen-bond acceptors (Lipinski definition) is 2. The zero-order chi connectivity index (χ0) is 10.8. The molecule has 0 bridgehead atoms. The van der Waals surface area contributed by atoms with E-state index in [0.717, 1.165) is 23.4 Å². The number of benzene rings is 1. The predicted octanol–water partition coefficient (Wildman–Crippen LogP) is 3.11. The Bertz CT molecular complexity index is 345. The fourth-order valence-electron chi connectivity index (χ4n) is 1.75. The molecule has 1 fully saturated rings. The first-order valence-electron chi connectivity index (χ1n) is 5.28. The topological polar surface area (TPSA) is 12.0 Å². The van der Waals surface area contributed by atoms with Crippen LogP contribution in [0.3, 0.4) is 0 Å². The van der Waals surface area contributed by atoms with Crippen LogP contribution in [0.1, 0.15) is 23.4 Å². The van der Waals surface area contributed by atoms with Gasteiger partial charge < -0.3 is 5.32 Å². The molecule has 1 aromatic carbocycles. The first kappa shape index (κ1) is 11.0. The van der Waals surface area contributed by atoms with E-state index in [1.807, 2.05) is 19.1 Å². The number of rotatable bonds is 1. The van der Waals surface area contributed by atoms with Gasteiger partial charge in [-0.1, -0.05) is 24.6 Å². The third kappa shape index (κ3) is 2.52. The van der Waals surface area contributed by atoms with Gasteiger partial charge in [0.15, 0.2) is 0 Å². The first-order valence-corrected chi connectivity index (χ1v) is 6.32. The van der Waals surface area contributed by atoms with E-state index in [1.165, 1.54) is 0 Å². The number of aryl methyl sites for hydroxylation is 1. The van der Waals surface area contributed by atoms with Crippen molar-refractivity contribution < 1.29 is 4.39 Å². The van der Waals surface area contributed by atoms with Crippen molar-refractivity contribution in [1.29, 1.82) is 0 Å². The summed E-state index contributed by atoms with van der Waals surface area (Å²) >= 11 is 1.80. The Morgan fingerprint density at radius 2 is 2.27 bits per heavy atom. The lowest BCUT2D eigenvalue weighted by Gasteiger charge is -2.28. The van der Waals surface area contributed by atoms with Crippen LogP contribution in [0.4, 0.5) is 4.39 Å². The van der Waals surface area contributed by atoms with Crippen LogP contribution in [0, 0.1) is 18.7 Å². The summed E-state index contributed by atoms with van der Waals surface area (Å²) in [6.07, 6.45) is 0. The smallest absolute Gasteiger partial charge is 0.128 e. The van der Waals surface area contributed by atoms with Crippen LogP contribution in [0.15, 0.2) is 18.2 Å². The summed E-state index contributed by atoms with van der Waals surface area (Å²) in [5, 5.41) is 3.50. The molecule has 15 heavy (non-hydrogen) atoms. The van der Waals surface area contributed by atoms with Crippen LogP contribution in [0.5, 0.6) is 0 Å². The summed E-state index contributed by atoms with van der Waals surface area (Å²) < 4.78 is 13.6. The maximum Gasteiger partial charge on any atom is 0.128 e. The van der Waals surface area contributed by atoms with Gasteiger partial charge in [-0.2, -0.15) is 0 Å².